The highest BCUT2D eigenvalue weighted by atomic mass is 19.3. The van der Waals surface area contributed by atoms with Crippen LogP contribution in [0.25, 0.3) is 0 Å². The summed E-state index contributed by atoms with van der Waals surface area (Å²) in [6.07, 6.45) is -0.218. The summed E-state index contributed by atoms with van der Waals surface area (Å²) in [7, 11) is 0. The standard InChI is InChI=1S/C7H12F2N2O.C2H6/c1-2-10-6(12)11-4-3-7(8,9)5-11;1-2/h2-5H2,1H3,(H,10,12);1-2H3. The van der Waals surface area contributed by atoms with Crippen LogP contribution in [0, 0.1) is 0 Å². The van der Waals surface area contributed by atoms with Gasteiger partial charge < -0.3 is 10.2 Å². The summed E-state index contributed by atoms with van der Waals surface area (Å²) < 4.78 is 25.1. The lowest BCUT2D eigenvalue weighted by Gasteiger charge is -2.15. The largest absolute Gasteiger partial charge is 0.338 e. The first-order chi connectivity index (χ1) is 6.55. The number of carbonyl (C=O) groups excluding carboxylic acids is 1. The summed E-state index contributed by atoms with van der Waals surface area (Å²) in [6, 6.07) is -0.394. The quantitative estimate of drug-likeness (QED) is 0.703. The van der Waals surface area contributed by atoms with Crippen molar-refractivity contribution < 1.29 is 13.6 Å². The molecule has 1 fully saturated rings. The molecule has 1 N–H and O–H groups in total. The number of carbonyl (C=O) groups is 1. The van der Waals surface area contributed by atoms with E-state index in [-0.39, 0.29) is 13.0 Å². The minimum Gasteiger partial charge on any atom is -0.338 e. The predicted molar refractivity (Wildman–Crippen MR) is 51.6 cm³/mol. The molecule has 0 aromatic carbocycles. The number of nitrogens with one attached hydrogen (secondary N) is 1. The highest BCUT2D eigenvalue weighted by Crippen LogP contribution is 2.26. The Labute approximate surface area is 83.5 Å². The number of amides is 2. The molecule has 0 saturated carbocycles. The normalized spacial score (nSPS) is 18.5. The van der Waals surface area contributed by atoms with Crippen LogP contribution < -0.4 is 5.32 Å². The highest BCUT2D eigenvalue weighted by Gasteiger charge is 2.40. The first-order valence-electron chi connectivity index (χ1n) is 4.96. The van der Waals surface area contributed by atoms with Crippen LogP contribution in [0.3, 0.4) is 0 Å². The summed E-state index contributed by atoms with van der Waals surface area (Å²) in [4.78, 5) is 12.2. The van der Waals surface area contributed by atoms with Gasteiger partial charge in [0.1, 0.15) is 0 Å². The third-order valence-electron chi connectivity index (χ3n) is 1.78. The van der Waals surface area contributed by atoms with Crippen LogP contribution in [0.1, 0.15) is 27.2 Å². The number of urea groups is 1. The van der Waals surface area contributed by atoms with Gasteiger partial charge in [0.15, 0.2) is 0 Å². The van der Waals surface area contributed by atoms with Crippen LogP contribution in [0.4, 0.5) is 13.6 Å². The third-order valence-corrected chi connectivity index (χ3v) is 1.78. The fraction of sp³-hybridized carbons (Fsp3) is 0.889. The molecule has 0 bridgehead atoms. The molecule has 0 spiro atoms. The third kappa shape index (κ3) is 3.89. The molecule has 1 aliphatic heterocycles. The van der Waals surface area contributed by atoms with E-state index < -0.39 is 18.5 Å². The summed E-state index contributed by atoms with van der Waals surface area (Å²) in [5.74, 6) is -2.69. The lowest BCUT2D eigenvalue weighted by atomic mass is 10.3. The molecule has 0 aromatic rings. The van der Waals surface area contributed by atoms with E-state index in [1.807, 2.05) is 13.8 Å². The molecule has 84 valence electrons. The van der Waals surface area contributed by atoms with Crippen molar-refractivity contribution in [2.75, 3.05) is 19.6 Å². The van der Waals surface area contributed by atoms with Crippen LogP contribution >= 0.6 is 0 Å². The molecule has 3 nitrogen and oxygen atoms in total. The van der Waals surface area contributed by atoms with E-state index in [9.17, 15) is 13.6 Å². The molecule has 1 saturated heterocycles. The maximum absolute atomic E-state index is 12.6. The van der Waals surface area contributed by atoms with Gasteiger partial charge >= 0.3 is 6.03 Å². The molecule has 5 heteroatoms. The number of rotatable bonds is 1. The summed E-state index contributed by atoms with van der Waals surface area (Å²) in [5.41, 5.74) is 0. The molecule has 0 aromatic heterocycles. The monoisotopic (exact) mass is 208 g/mol. The van der Waals surface area contributed by atoms with Crippen molar-refractivity contribution in [1.82, 2.24) is 10.2 Å². The van der Waals surface area contributed by atoms with Crippen LogP contribution in [-0.2, 0) is 0 Å². The van der Waals surface area contributed by atoms with Crippen molar-refractivity contribution in [3.8, 4) is 0 Å². The molecule has 1 rings (SSSR count). The van der Waals surface area contributed by atoms with Gasteiger partial charge in [-0.2, -0.15) is 0 Å². The molecular formula is C9H18F2N2O. The minimum atomic E-state index is -2.69. The van der Waals surface area contributed by atoms with Crippen molar-refractivity contribution >= 4 is 6.03 Å². The topological polar surface area (TPSA) is 32.3 Å². The lowest BCUT2D eigenvalue weighted by Crippen LogP contribution is -2.39. The Morgan fingerprint density at radius 3 is 2.43 bits per heavy atom. The highest BCUT2D eigenvalue weighted by molar-refractivity contribution is 5.74. The van der Waals surface area contributed by atoms with E-state index >= 15 is 0 Å². The second-order valence-corrected chi connectivity index (χ2v) is 2.86. The van der Waals surface area contributed by atoms with Crippen molar-refractivity contribution in [2.45, 2.75) is 33.1 Å². The maximum atomic E-state index is 12.6. The van der Waals surface area contributed by atoms with Gasteiger partial charge in [0.2, 0.25) is 0 Å². The summed E-state index contributed by atoms with van der Waals surface area (Å²) in [5, 5.41) is 2.48. The van der Waals surface area contributed by atoms with Gasteiger partial charge in [-0.05, 0) is 6.92 Å². The Hall–Kier alpha value is -0.870. The molecule has 14 heavy (non-hydrogen) atoms. The van der Waals surface area contributed by atoms with Gasteiger partial charge in [-0.25, -0.2) is 13.6 Å². The molecular weight excluding hydrogens is 190 g/mol. The van der Waals surface area contributed by atoms with E-state index in [0.717, 1.165) is 4.90 Å². The fourth-order valence-corrected chi connectivity index (χ4v) is 1.17. The molecule has 1 heterocycles. The van der Waals surface area contributed by atoms with Crippen molar-refractivity contribution in [3.63, 3.8) is 0 Å². The lowest BCUT2D eigenvalue weighted by molar-refractivity contribution is 0.0154. The molecule has 1 aliphatic rings. The number of alkyl halides is 2. The van der Waals surface area contributed by atoms with E-state index in [2.05, 4.69) is 5.32 Å². The molecule has 0 unspecified atom stereocenters. The van der Waals surface area contributed by atoms with Crippen LogP contribution in [-0.4, -0.2) is 36.5 Å². The van der Waals surface area contributed by atoms with Gasteiger partial charge in [-0.3, -0.25) is 0 Å². The van der Waals surface area contributed by atoms with Crippen molar-refractivity contribution in [3.05, 3.63) is 0 Å². The fourth-order valence-electron chi connectivity index (χ4n) is 1.17. The van der Waals surface area contributed by atoms with Gasteiger partial charge in [-0.1, -0.05) is 13.8 Å². The number of halogens is 2. The van der Waals surface area contributed by atoms with E-state index in [4.69, 9.17) is 0 Å². The number of hydrogen-bond donors (Lipinski definition) is 1. The Balaban J connectivity index is 0.000000791. The summed E-state index contributed by atoms with van der Waals surface area (Å²) in [6.45, 7) is 5.94. The number of nitrogens with zero attached hydrogens (tertiary/aromatic N) is 1. The zero-order valence-corrected chi connectivity index (χ0v) is 8.94. The van der Waals surface area contributed by atoms with E-state index in [1.54, 1.807) is 6.92 Å². The van der Waals surface area contributed by atoms with Gasteiger partial charge in [0.25, 0.3) is 5.92 Å². The van der Waals surface area contributed by atoms with E-state index in [1.165, 1.54) is 0 Å². The Morgan fingerprint density at radius 2 is 2.07 bits per heavy atom. The number of likely N-dealkylation sites (tertiary alicyclic amines) is 1. The minimum absolute atomic E-state index is 0.152. The van der Waals surface area contributed by atoms with Crippen LogP contribution in [0.15, 0.2) is 0 Å². The maximum Gasteiger partial charge on any atom is 0.317 e. The Morgan fingerprint density at radius 1 is 1.50 bits per heavy atom. The van der Waals surface area contributed by atoms with Crippen molar-refractivity contribution in [1.29, 1.82) is 0 Å². The smallest absolute Gasteiger partial charge is 0.317 e. The second kappa shape index (κ2) is 5.78. The molecule has 2 amide bonds. The van der Waals surface area contributed by atoms with Gasteiger partial charge in [0, 0.05) is 19.5 Å². The molecule has 0 radical (unpaired) electrons. The second-order valence-electron chi connectivity index (χ2n) is 2.86. The van der Waals surface area contributed by atoms with Crippen molar-refractivity contribution in [2.24, 2.45) is 0 Å². The predicted octanol–water partition coefficient (Wildman–Crippen LogP) is 2.08. The molecule has 0 atom stereocenters. The SMILES string of the molecule is CC.CCNC(=O)N1CCC(F)(F)C1. The van der Waals surface area contributed by atoms with Crippen LogP contribution in [0.5, 0.6) is 0 Å². The first kappa shape index (κ1) is 13.1. The molecule has 0 aliphatic carbocycles. The number of hydrogen-bond acceptors (Lipinski definition) is 1. The Kier molecular flexibility index (Phi) is 5.42. The van der Waals surface area contributed by atoms with E-state index in [0.29, 0.717) is 6.54 Å². The van der Waals surface area contributed by atoms with Gasteiger partial charge in [0.05, 0.1) is 6.54 Å². The Bertz CT molecular complexity index is 186. The van der Waals surface area contributed by atoms with Gasteiger partial charge in [-0.15, -0.1) is 0 Å². The average Bonchev–Trinajstić information content (AvgIpc) is 2.50. The first-order valence-corrected chi connectivity index (χ1v) is 4.96. The summed E-state index contributed by atoms with van der Waals surface area (Å²) >= 11 is 0. The zero-order chi connectivity index (χ0) is 11.2. The zero-order valence-electron chi connectivity index (χ0n) is 8.94. The average molecular weight is 208 g/mol. The van der Waals surface area contributed by atoms with Crippen LogP contribution in [0.2, 0.25) is 0 Å².